The van der Waals surface area contributed by atoms with Crippen molar-refractivity contribution in [2.45, 2.75) is 5.25 Å². The van der Waals surface area contributed by atoms with Gasteiger partial charge in [-0.15, -0.1) is 0 Å². The van der Waals surface area contributed by atoms with Gasteiger partial charge in [-0.1, -0.05) is 0 Å². The van der Waals surface area contributed by atoms with Crippen molar-refractivity contribution in [2.24, 2.45) is 0 Å². The predicted molar refractivity (Wildman–Crippen MR) is 23.5 cm³/mol. The molecule has 0 fully saturated rings. The van der Waals surface area contributed by atoms with Gasteiger partial charge in [0.25, 0.3) is 0 Å². The molecule has 0 saturated carbocycles. The normalized spacial score (nSPS) is 6.25. The third kappa shape index (κ3) is 2.28. The van der Waals surface area contributed by atoms with Crippen LogP contribution in [0.25, 0.3) is 0 Å². The van der Waals surface area contributed by atoms with E-state index in [1.807, 2.05) is 6.08 Å². The molecule has 1 radical (unpaired) electrons. The molecule has 0 rings (SSSR count). The van der Waals surface area contributed by atoms with Gasteiger partial charge >= 0.3 is 34.4 Å². The van der Waals surface area contributed by atoms with Crippen molar-refractivity contribution >= 4 is 16.5 Å². The molecule has 0 saturated heterocycles. The quantitative estimate of drug-likeness (QED) is 0.339. The van der Waals surface area contributed by atoms with Gasteiger partial charge in [0.05, 0.1) is 0 Å². The fraction of sp³-hybridized carbons (Fsp3) is 0.333. The third-order valence-corrected chi connectivity index (χ3v) is 1.06. The summed E-state index contributed by atoms with van der Waals surface area (Å²) in [5, 5.41) is 1.21. The molecule has 0 unspecified atom stereocenters. The van der Waals surface area contributed by atoms with Gasteiger partial charge in [0.2, 0.25) is 0 Å². The van der Waals surface area contributed by atoms with E-state index in [0.29, 0.717) is 0 Å². The molecule has 0 N–H and O–H groups in total. The Morgan fingerprint density at radius 2 is 2.25 bits per heavy atom. The average molecular weight is 116 g/mol. The third-order valence-electron chi connectivity index (χ3n) is 0.204. The minimum absolute atomic E-state index is 1.21. The van der Waals surface area contributed by atoms with Crippen LogP contribution in [-0.2, 0) is 0 Å². The van der Waals surface area contributed by atoms with Crippen LogP contribution in [0.15, 0.2) is 12.7 Å². The first kappa shape index (κ1) is 4.28. The molecule has 23 valence electrons. The fourth-order valence-corrected chi connectivity index (χ4v) is 0. The summed E-state index contributed by atoms with van der Waals surface area (Å²) in [5.41, 5.74) is 0. The molecule has 0 atom stereocenters. The van der Waals surface area contributed by atoms with E-state index in [9.17, 15) is 0 Å². The second kappa shape index (κ2) is 3.28. The molecule has 0 aromatic carbocycles. The summed E-state index contributed by atoms with van der Waals surface area (Å²) in [5.74, 6) is 0. The van der Waals surface area contributed by atoms with Gasteiger partial charge in [-0.2, -0.15) is 0 Å². The Kier molecular flexibility index (Phi) is 3.52. The molecule has 0 spiro atoms. The van der Waals surface area contributed by atoms with Gasteiger partial charge in [-0.25, -0.2) is 0 Å². The van der Waals surface area contributed by atoms with Crippen LogP contribution in [0.4, 0.5) is 0 Å². The topological polar surface area (TPSA) is 0 Å². The molecule has 0 bridgehead atoms. The molecule has 0 heterocycles. The number of hydrogen-bond donors (Lipinski definition) is 0. The van der Waals surface area contributed by atoms with Crippen LogP contribution in [0.3, 0.4) is 0 Å². The van der Waals surface area contributed by atoms with Gasteiger partial charge in [0, 0.05) is 0 Å². The van der Waals surface area contributed by atoms with E-state index in [-0.39, 0.29) is 0 Å². The van der Waals surface area contributed by atoms with Crippen molar-refractivity contribution in [3.8, 4) is 0 Å². The van der Waals surface area contributed by atoms with Crippen LogP contribution in [0, 0.1) is 0 Å². The van der Waals surface area contributed by atoms with Crippen LogP contribution in [0.1, 0.15) is 0 Å². The van der Waals surface area contributed by atoms with Crippen LogP contribution in [-0.4, -0.2) is 16.5 Å². The van der Waals surface area contributed by atoms with Crippen molar-refractivity contribution in [3.05, 3.63) is 12.7 Å². The Morgan fingerprint density at radius 1 is 2.00 bits per heavy atom. The van der Waals surface area contributed by atoms with Crippen molar-refractivity contribution < 1.29 is 0 Å². The van der Waals surface area contributed by atoms with Crippen molar-refractivity contribution in [2.75, 3.05) is 0 Å². The van der Waals surface area contributed by atoms with Crippen molar-refractivity contribution in [3.63, 3.8) is 0 Å². The van der Waals surface area contributed by atoms with E-state index in [1.54, 1.807) is 0 Å². The Balaban J connectivity index is 2.30. The SMILES string of the molecule is C=C[CH2][GeH2]. The van der Waals surface area contributed by atoms with Crippen LogP contribution >= 0.6 is 0 Å². The first-order chi connectivity index (χ1) is 1.91. The van der Waals surface area contributed by atoms with E-state index in [1.165, 1.54) is 21.8 Å². The van der Waals surface area contributed by atoms with E-state index >= 15 is 0 Å². The molecule has 0 aliphatic rings. The summed E-state index contributed by atoms with van der Waals surface area (Å²) < 4.78 is 0. The standard InChI is InChI=1S/C3H7Ge/c1-2-3-4/h2H,1,3-4H2. The molecule has 4 heavy (non-hydrogen) atoms. The minimum atomic E-state index is 1.21. The molecular weight excluding hydrogens is 109 g/mol. The Hall–Kier alpha value is 0.283. The molecule has 0 nitrogen and oxygen atoms in total. The summed E-state index contributed by atoms with van der Waals surface area (Å²) in [6, 6.07) is 0. The fourth-order valence-electron chi connectivity index (χ4n) is 0. The Bertz CT molecular complexity index is 17.2. The van der Waals surface area contributed by atoms with E-state index in [4.69, 9.17) is 0 Å². The van der Waals surface area contributed by atoms with Crippen molar-refractivity contribution in [1.82, 2.24) is 0 Å². The number of allylic oxidation sites excluding steroid dienone is 1. The summed E-state index contributed by atoms with van der Waals surface area (Å²) >= 11 is 1.35. The van der Waals surface area contributed by atoms with E-state index in [0.717, 1.165) is 0 Å². The Labute approximate surface area is 35.1 Å². The zero-order valence-corrected chi connectivity index (χ0v) is 5.67. The molecule has 0 aliphatic heterocycles. The van der Waals surface area contributed by atoms with Gasteiger partial charge in [0.15, 0.2) is 0 Å². The zero-order chi connectivity index (χ0) is 3.41. The molecule has 0 aromatic rings. The van der Waals surface area contributed by atoms with E-state index < -0.39 is 0 Å². The average Bonchev–Trinajstić information content (AvgIpc) is 1.37. The predicted octanol–water partition coefficient (Wildman–Crippen LogP) is 0.224. The van der Waals surface area contributed by atoms with Gasteiger partial charge < -0.3 is 0 Å². The number of hydrogen-bond acceptors (Lipinski definition) is 0. The second-order valence-electron chi connectivity index (χ2n) is 0.577. The zero-order valence-electron chi connectivity index (χ0n) is 2.70. The maximum absolute atomic E-state index is 3.51. The van der Waals surface area contributed by atoms with Gasteiger partial charge in [-0.05, 0) is 0 Å². The first-order valence-corrected chi connectivity index (χ1v) is 3.41. The summed E-state index contributed by atoms with van der Waals surface area (Å²) in [7, 11) is 0. The van der Waals surface area contributed by atoms with Crippen LogP contribution in [0.5, 0.6) is 0 Å². The summed E-state index contributed by atoms with van der Waals surface area (Å²) in [4.78, 5) is 0. The van der Waals surface area contributed by atoms with Crippen LogP contribution < -0.4 is 0 Å². The molecule has 1 heteroatoms. The monoisotopic (exact) mass is 117 g/mol. The second-order valence-corrected chi connectivity index (χ2v) is 1.79. The molecule has 0 amide bonds. The maximum atomic E-state index is 3.51. The number of rotatable bonds is 1. The van der Waals surface area contributed by atoms with Gasteiger partial charge in [0.1, 0.15) is 0 Å². The summed E-state index contributed by atoms with van der Waals surface area (Å²) in [6.07, 6.45) is 1.93. The molecular formula is C3H7Ge. The van der Waals surface area contributed by atoms with Crippen molar-refractivity contribution in [1.29, 1.82) is 0 Å². The summed E-state index contributed by atoms with van der Waals surface area (Å²) in [6.45, 7) is 3.51. The first-order valence-electron chi connectivity index (χ1n) is 1.32. The Morgan fingerprint density at radius 3 is 2.25 bits per heavy atom. The molecule has 0 aromatic heterocycles. The molecule has 0 aliphatic carbocycles. The van der Waals surface area contributed by atoms with Gasteiger partial charge in [-0.3, -0.25) is 0 Å². The van der Waals surface area contributed by atoms with E-state index in [2.05, 4.69) is 6.58 Å². The van der Waals surface area contributed by atoms with Crippen LogP contribution in [0.2, 0.25) is 5.25 Å².